The van der Waals surface area contributed by atoms with Gasteiger partial charge in [0.15, 0.2) is 5.69 Å². The molecule has 0 aliphatic rings. The number of esters is 1. The third kappa shape index (κ3) is 4.92. The van der Waals surface area contributed by atoms with Crippen molar-refractivity contribution in [3.63, 3.8) is 0 Å². The number of amides is 1. The average molecular weight is 406 g/mol. The highest BCUT2D eigenvalue weighted by molar-refractivity contribution is 5.98. The van der Waals surface area contributed by atoms with Crippen LogP contribution in [0.1, 0.15) is 37.2 Å². The first-order valence-corrected chi connectivity index (χ1v) is 10.2. The van der Waals surface area contributed by atoms with Crippen molar-refractivity contribution in [3.8, 4) is 16.9 Å². The highest BCUT2D eigenvalue weighted by Gasteiger charge is 2.26. The lowest BCUT2D eigenvalue weighted by molar-refractivity contribution is -0.143. The number of carbonyl (C=O) groups excluding carboxylic acids is 2. The van der Waals surface area contributed by atoms with Crippen LogP contribution in [-0.2, 0) is 9.53 Å². The van der Waals surface area contributed by atoms with E-state index in [9.17, 15) is 9.59 Å². The van der Waals surface area contributed by atoms with Crippen LogP contribution in [0.3, 0.4) is 0 Å². The second-order valence-corrected chi connectivity index (χ2v) is 6.75. The van der Waals surface area contributed by atoms with Gasteiger partial charge in [-0.2, -0.15) is 0 Å². The smallest absolute Gasteiger partial charge is 0.307 e. The van der Waals surface area contributed by atoms with Gasteiger partial charge in [0.25, 0.3) is 5.91 Å². The monoisotopic (exact) mass is 406 g/mol. The minimum atomic E-state index is -0.317. The predicted octanol–water partition coefficient (Wildman–Crippen LogP) is 3.74. The molecule has 0 N–H and O–H groups in total. The van der Waals surface area contributed by atoms with Crippen LogP contribution in [0.25, 0.3) is 16.9 Å². The molecule has 1 heterocycles. The number of para-hydroxylation sites is 1. The molecule has 30 heavy (non-hydrogen) atoms. The molecule has 7 nitrogen and oxygen atoms in total. The molecule has 0 aliphatic heterocycles. The summed E-state index contributed by atoms with van der Waals surface area (Å²) in [6.45, 7) is 4.87. The third-order valence-electron chi connectivity index (χ3n) is 4.59. The van der Waals surface area contributed by atoms with Crippen LogP contribution in [0.4, 0.5) is 0 Å². The number of hydrogen-bond donors (Lipinski definition) is 0. The van der Waals surface area contributed by atoms with Gasteiger partial charge in [-0.1, -0.05) is 60.7 Å². The molecule has 0 saturated heterocycles. The molecular formula is C23H26N4O3. The van der Waals surface area contributed by atoms with Gasteiger partial charge in [-0.25, -0.2) is 4.68 Å². The van der Waals surface area contributed by atoms with Gasteiger partial charge < -0.3 is 9.64 Å². The van der Waals surface area contributed by atoms with Gasteiger partial charge in [0.2, 0.25) is 0 Å². The van der Waals surface area contributed by atoms with E-state index in [1.54, 1.807) is 16.5 Å². The molecule has 0 fully saturated rings. The zero-order valence-electron chi connectivity index (χ0n) is 17.3. The lowest BCUT2D eigenvalue weighted by Crippen LogP contribution is -2.34. The first-order chi connectivity index (χ1) is 14.7. The average Bonchev–Trinajstić information content (AvgIpc) is 3.23. The van der Waals surface area contributed by atoms with E-state index < -0.39 is 0 Å². The van der Waals surface area contributed by atoms with Crippen molar-refractivity contribution in [2.75, 3.05) is 19.7 Å². The highest BCUT2D eigenvalue weighted by Crippen LogP contribution is 2.26. The minimum Gasteiger partial charge on any atom is -0.466 e. The van der Waals surface area contributed by atoms with Gasteiger partial charge in [0.05, 0.1) is 18.7 Å². The molecule has 7 heteroatoms. The number of nitrogens with zero attached hydrogens (tertiary/aromatic N) is 4. The van der Waals surface area contributed by atoms with Gasteiger partial charge in [-0.15, -0.1) is 5.10 Å². The maximum absolute atomic E-state index is 13.4. The lowest BCUT2D eigenvalue weighted by atomic mass is 10.1. The highest BCUT2D eigenvalue weighted by atomic mass is 16.5. The fraction of sp³-hybridized carbons (Fsp3) is 0.304. The number of hydrogen-bond acceptors (Lipinski definition) is 5. The number of aromatic nitrogens is 3. The summed E-state index contributed by atoms with van der Waals surface area (Å²) in [5.41, 5.74) is 2.56. The van der Waals surface area contributed by atoms with E-state index in [-0.39, 0.29) is 30.5 Å². The van der Waals surface area contributed by atoms with Gasteiger partial charge in [-0.05, 0) is 25.5 Å². The van der Waals surface area contributed by atoms with Crippen molar-refractivity contribution in [2.24, 2.45) is 0 Å². The molecule has 0 radical (unpaired) electrons. The van der Waals surface area contributed by atoms with Gasteiger partial charge in [0, 0.05) is 18.7 Å². The summed E-state index contributed by atoms with van der Waals surface area (Å²) in [6.07, 6.45) is 0.912. The van der Waals surface area contributed by atoms with Crippen molar-refractivity contribution in [2.45, 2.75) is 26.7 Å². The first kappa shape index (κ1) is 21.2. The first-order valence-electron chi connectivity index (χ1n) is 10.2. The van der Waals surface area contributed by atoms with E-state index >= 15 is 0 Å². The summed E-state index contributed by atoms with van der Waals surface area (Å²) in [5.74, 6) is -0.565. The summed E-state index contributed by atoms with van der Waals surface area (Å²) in [4.78, 5) is 26.8. The second-order valence-electron chi connectivity index (χ2n) is 6.75. The number of benzene rings is 2. The van der Waals surface area contributed by atoms with Crippen LogP contribution < -0.4 is 0 Å². The van der Waals surface area contributed by atoms with E-state index in [4.69, 9.17) is 4.74 Å². The Hall–Kier alpha value is -3.48. The molecule has 156 valence electrons. The minimum absolute atomic E-state index is 0.146. The standard InChI is InChI=1S/C23H26N4O3/c1-3-16-26(17-15-20(28)30-4-2)23(29)21-22(18-11-7-5-8-12-18)27(25-24-21)19-13-9-6-10-14-19/h5-14H,3-4,15-17H2,1-2H3. The lowest BCUT2D eigenvalue weighted by Gasteiger charge is -2.21. The molecule has 1 aromatic heterocycles. The SMILES string of the molecule is CCCN(CCC(=O)OCC)C(=O)c1nnn(-c2ccccc2)c1-c1ccccc1. The Kier molecular flexibility index (Phi) is 7.32. The maximum atomic E-state index is 13.4. The topological polar surface area (TPSA) is 77.3 Å². The van der Waals surface area contributed by atoms with E-state index in [2.05, 4.69) is 10.3 Å². The fourth-order valence-electron chi connectivity index (χ4n) is 3.22. The predicted molar refractivity (Wildman–Crippen MR) is 114 cm³/mol. The van der Waals surface area contributed by atoms with Crippen molar-refractivity contribution in [1.82, 2.24) is 19.9 Å². The normalized spacial score (nSPS) is 10.6. The van der Waals surface area contributed by atoms with E-state index in [0.29, 0.717) is 18.8 Å². The van der Waals surface area contributed by atoms with E-state index in [1.165, 1.54) is 0 Å². The zero-order valence-corrected chi connectivity index (χ0v) is 17.3. The third-order valence-corrected chi connectivity index (χ3v) is 4.59. The van der Waals surface area contributed by atoms with Crippen molar-refractivity contribution < 1.29 is 14.3 Å². The van der Waals surface area contributed by atoms with Crippen molar-refractivity contribution in [3.05, 3.63) is 66.4 Å². The van der Waals surface area contributed by atoms with E-state index in [1.807, 2.05) is 67.6 Å². The molecule has 2 aromatic carbocycles. The largest absolute Gasteiger partial charge is 0.466 e. The molecule has 0 unspecified atom stereocenters. The van der Waals surface area contributed by atoms with Crippen molar-refractivity contribution in [1.29, 1.82) is 0 Å². The Bertz CT molecular complexity index is 971. The molecular weight excluding hydrogens is 380 g/mol. The van der Waals surface area contributed by atoms with Crippen LogP contribution in [0.15, 0.2) is 60.7 Å². The van der Waals surface area contributed by atoms with Crippen LogP contribution in [0.5, 0.6) is 0 Å². The molecule has 0 atom stereocenters. The summed E-state index contributed by atoms with van der Waals surface area (Å²) in [5, 5.41) is 8.52. The molecule has 0 bridgehead atoms. The van der Waals surface area contributed by atoms with Crippen LogP contribution in [-0.4, -0.2) is 51.5 Å². The molecule has 0 aliphatic carbocycles. The molecule has 0 saturated carbocycles. The quantitative estimate of drug-likeness (QED) is 0.506. The number of ether oxygens (including phenoxy) is 1. The summed E-state index contributed by atoms with van der Waals surface area (Å²) >= 11 is 0. The van der Waals surface area contributed by atoms with Crippen LogP contribution >= 0.6 is 0 Å². The van der Waals surface area contributed by atoms with Gasteiger partial charge in [0.1, 0.15) is 5.69 Å². The van der Waals surface area contributed by atoms with E-state index in [0.717, 1.165) is 17.7 Å². The fourth-order valence-corrected chi connectivity index (χ4v) is 3.22. The Labute approximate surface area is 176 Å². The molecule has 3 aromatic rings. The Balaban J connectivity index is 1.98. The number of rotatable bonds is 9. The van der Waals surface area contributed by atoms with Gasteiger partial charge in [-0.3, -0.25) is 9.59 Å². The summed E-state index contributed by atoms with van der Waals surface area (Å²) < 4.78 is 6.68. The van der Waals surface area contributed by atoms with Crippen LogP contribution in [0, 0.1) is 0 Å². The molecule has 3 rings (SSSR count). The number of carbonyl (C=O) groups is 2. The second kappa shape index (κ2) is 10.3. The maximum Gasteiger partial charge on any atom is 0.307 e. The summed E-state index contributed by atoms with van der Waals surface area (Å²) in [7, 11) is 0. The Morgan fingerprint density at radius 2 is 1.63 bits per heavy atom. The molecule has 1 amide bonds. The Morgan fingerprint density at radius 3 is 2.27 bits per heavy atom. The van der Waals surface area contributed by atoms with Crippen LogP contribution in [0.2, 0.25) is 0 Å². The zero-order chi connectivity index (χ0) is 21.3. The molecule has 0 spiro atoms. The summed E-state index contributed by atoms with van der Waals surface area (Å²) in [6, 6.07) is 19.2. The van der Waals surface area contributed by atoms with Crippen molar-refractivity contribution >= 4 is 11.9 Å². The van der Waals surface area contributed by atoms with Gasteiger partial charge >= 0.3 is 5.97 Å². The Morgan fingerprint density at radius 1 is 0.967 bits per heavy atom.